The summed E-state index contributed by atoms with van der Waals surface area (Å²) in [4.78, 5) is 2.53. The highest BCUT2D eigenvalue weighted by Gasteiger charge is 2.27. The van der Waals surface area contributed by atoms with Crippen molar-refractivity contribution in [3.05, 3.63) is 0 Å². The molecule has 2 unspecified atom stereocenters. The zero-order valence-corrected chi connectivity index (χ0v) is 10.00. The van der Waals surface area contributed by atoms with Crippen LogP contribution in [-0.4, -0.2) is 31.1 Å². The Kier molecular flexibility index (Phi) is 4.90. The van der Waals surface area contributed by atoms with E-state index in [9.17, 15) is 0 Å². The lowest BCUT2D eigenvalue weighted by molar-refractivity contribution is 0.122. The third-order valence-electron chi connectivity index (χ3n) is 3.39. The minimum atomic E-state index is 0.743. The zero-order valence-electron chi connectivity index (χ0n) is 10.00. The van der Waals surface area contributed by atoms with Crippen LogP contribution in [-0.2, 0) is 0 Å². The molecular formula is C12H26N2. The molecule has 0 amide bonds. The van der Waals surface area contributed by atoms with Crippen molar-refractivity contribution in [2.75, 3.05) is 20.1 Å². The lowest BCUT2D eigenvalue weighted by Crippen LogP contribution is -2.44. The van der Waals surface area contributed by atoms with Crippen molar-refractivity contribution in [3.8, 4) is 0 Å². The largest absolute Gasteiger partial charge is 0.330 e. The Balaban J connectivity index is 2.45. The molecule has 1 saturated carbocycles. The molecule has 2 nitrogen and oxygen atoms in total. The summed E-state index contributed by atoms with van der Waals surface area (Å²) >= 11 is 0. The van der Waals surface area contributed by atoms with Gasteiger partial charge in [0.05, 0.1) is 0 Å². The summed E-state index contributed by atoms with van der Waals surface area (Å²) in [5.74, 6) is 1.51. The van der Waals surface area contributed by atoms with Crippen molar-refractivity contribution in [1.29, 1.82) is 0 Å². The van der Waals surface area contributed by atoms with Gasteiger partial charge in [0.25, 0.3) is 0 Å². The van der Waals surface area contributed by atoms with E-state index in [0.29, 0.717) is 0 Å². The normalized spacial score (nSPS) is 28.7. The van der Waals surface area contributed by atoms with Crippen LogP contribution in [0.15, 0.2) is 0 Å². The van der Waals surface area contributed by atoms with Crippen molar-refractivity contribution < 1.29 is 0 Å². The Hall–Kier alpha value is -0.0800. The maximum atomic E-state index is 5.84. The van der Waals surface area contributed by atoms with E-state index in [1.165, 1.54) is 32.2 Å². The highest BCUT2D eigenvalue weighted by molar-refractivity contribution is 4.82. The van der Waals surface area contributed by atoms with Gasteiger partial charge in [-0.25, -0.2) is 0 Å². The summed E-state index contributed by atoms with van der Waals surface area (Å²) in [5.41, 5.74) is 5.84. The number of rotatable bonds is 4. The van der Waals surface area contributed by atoms with Crippen molar-refractivity contribution >= 4 is 0 Å². The predicted octanol–water partition coefficient (Wildman–Crippen LogP) is 2.09. The molecule has 0 aromatic heterocycles. The maximum absolute atomic E-state index is 5.84. The second-order valence-corrected chi connectivity index (χ2v) is 5.18. The molecule has 0 spiro atoms. The fraction of sp³-hybridized carbons (Fsp3) is 1.00. The van der Waals surface area contributed by atoms with Gasteiger partial charge in [0, 0.05) is 12.6 Å². The predicted molar refractivity (Wildman–Crippen MR) is 62.3 cm³/mol. The SMILES string of the molecule is CC(C)CN(C)C1CCCCC1CN. The highest BCUT2D eigenvalue weighted by Crippen LogP contribution is 2.27. The molecule has 14 heavy (non-hydrogen) atoms. The van der Waals surface area contributed by atoms with Crippen LogP contribution in [0, 0.1) is 11.8 Å². The third kappa shape index (κ3) is 3.25. The Labute approximate surface area is 88.8 Å². The number of hydrogen-bond acceptors (Lipinski definition) is 2. The van der Waals surface area contributed by atoms with E-state index in [2.05, 4.69) is 25.8 Å². The van der Waals surface area contributed by atoms with E-state index < -0.39 is 0 Å². The summed E-state index contributed by atoms with van der Waals surface area (Å²) in [6.07, 6.45) is 5.46. The fourth-order valence-corrected chi connectivity index (χ4v) is 2.75. The van der Waals surface area contributed by atoms with Gasteiger partial charge in [-0.2, -0.15) is 0 Å². The molecule has 2 atom stereocenters. The second-order valence-electron chi connectivity index (χ2n) is 5.18. The number of hydrogen-bond donors (Lipinski definition) is 1. The van der Waals surface area contributed by atoms with Gasteiger partial charge >= 0.3 is 0 Å². The van der Waals surface area contributed by atoms with Crippen LogP contribution in [0.25, 0.3) is 0 Å². The smallest absolute Gasteiger partial charge is 0.0133 e. The maximum Gasteiger partial charge on any atom is 0.0133 e. The molecule has 2 heteroatoms. The number of nitrogens with zero attached hydrogens (tertiary/aromatic N) is 1. The summed E-state index contributed by atoms with van der Waals surface area (Å²) in [7, 11) is 2.26. The lowest BCUT2D eigenvalue weighted by atomic mass is 9.83. The third-order valence-corrected chi connectivity index (χ3v) is 3.39. The molecule has 0 saturated heterocycles. The first-order chi connectivity index (χ1) is 6.65. The van der Waals surface area contributed by atoms with Crippen molar-refractivity contribution in [1.82, 2.24) is 4.90 Å². The molecule has 1 aliphatic rings. The molecule has 1 aliphatic carbocycles. The summed E-state index contributed by atoms with van der Waals surface area (Å²) in [6.45, 7) is 6.65. The summed E-state index contributed by atoms with van der Waals surface area (Å²) in [5, 5.41) is 0. The zero-order chi connectivity index (χ0) is 10.6. The van der Waals surface area contributed by atoms with Gasteiger partial charge < -0.3 is 10.6 Å². The molecule has 84 valence electrons. The molecule has 1 fully saturated rings. The van der Waals surface area contributed by atoms with Gasteiger partial charge in [-0.1, -0.05) is 26.7 Å². The standard InChI is InChI=1S/C12H26N2/c1-10(2)9-14(3)12-7-5-4-6-11(12)8-13/h10-12H,4-9,13H2,1-3H3. The van der Waals surface area contributed by atoms with E-state index in [1.807, 2.05) is 0 Å². The van der Waals surface area contributed by atoms with Gasteiger partial charge in [0.2, 0.25) is 0 Å². The molecule has 0 aliphatic heterocycles. The summed E-state index contributed by atoms with van der Waals surface area (Å²) < 4.78 is 0. The van der Waals surface area contributed by atoms with Crippen molar-refractivity contribution in [2.45, 2.75) is 45.6 Å². The monoisotopic (exact) mass is 198 g/mol. The summed E-state index contributed by atoms with van der Waals surface area (Å²) in [6, 6.07) is 0.746. The van der Waals surface area contributed by atoms with Crippen molar-refractivity contribution in [3.63, 3.8) is 0 Å². The number of nitrogens with two attached hydrogens (primary N) is 1. The Morgan fingerprint density at radius 3 is 2.50 bits per heavy atom. The van der Waals surface area contributed by atoms with E-state index in [4.69, 9.17) is 5.73 Å². The van der Waals surface area contributed by atoms with Crippen LogP contribution >= 0.6 is 0 Å². The molecule has 0 aromatic carbocycles. The molecule has 0 heterocycles. The molecule has 0 aromatic rings. The lowest BCUT2D eigenvalue weighted by Gasteiger charge is -2.38. The fourth-order valence-electron chi connectivity index (χ4n) is 2.75. The quantitative estimate of drug-likeness (QED) is 0.749. The van der Waals surface area contributed by atoms with Crippen LogP contribution in [0.2, 0.25) is 0 Å². The van der Waals surface area contributed by atoms with E-state index in [-0.39, 0.29) is 0 Å². The average Bonchev–Trinajstić information content (AvgIpc) is 2.16. The van der Waals surface area contributed by atoms with Gasteiger partial charge in [0.15, 0.2) is 0 Å². The van der Waals surface area contributed by atoms with Gasteiger partial charge in [0.1, 0.15) is 0 Å². The first kappa shape index (κ1) is 12.0. The van der Waals surface area contributed by atoms with Crippen LogP contribution in [0.3, 0.4) is 0 Å². The highest BCUT2D eigenvalue weighted by atomic mass is 15.1. The molecular weight excluding hydrogens is 172 g/mol. The van der Waals surface area contributed by atoms with Crippen LogP contribution in [0.5, 0.6) is 0 Å². The topological polar surface area (TPSA) is 29.3 Å². The molecule has 2 N–H and O–H groups in total. The minimum absolute atomic E-state index is 0.743. The average molecular weight is 198 g/mol. The van der Waals surface area contributed by atoms with E-state index in [0.717, 1.165) is 24.4 Å². The van der Waals surface area contributed by atoms with Gasteiger partial charge in [-0.05, 0) is 38.3 Å². The Morgan fingerprint density at radius 1 is 1.29 bits per heavy atom. The second kappa shape index (κ2) is 5.72. The van der Waals surface area contributed by atoms with Crippen LogP contribution in [0.1, 0.15) is 39.5 Å². The van der Waals surface area contributed by atoms with Crippen molar-refractivity contribution in [2.24, 2.45) is 17.6 Å². The minimum Gasteiger partial charge on any atom is -0.330 e. The molecule has 0 bridgehead atoms. The Bertz CT molecular complexity index is 156. The Morgan fingerprint density at radius 2 is 1.93 bits per heavy atom. The van der Waals surface area contributed by atoms with Crippen LogP contribution in [0.4, 0.5) is 0 Å². The van der Waals surface area contributed by atoms with E-state index in [1.54, 1.807) is 0 Å². The van der Waals surface area contributed by atoms with Gasteiger partial charge in [-0.3, -0.25) is 0 Å². The molecule has 0 radical (unpaired) electrons. The first-order valence-corrected chi connectivity index (χ1v) is 6.05. The van der Waals surface area contributed by atoms with E-state index >= 15 is 0 Å². The van der Waals surface area contributed by atoms with Crippen LogP contribution < -0.4 is 5.73 Å². The van der Waals surface area contributed by atoms with Gasteiger partial charge in [-0.15, -0.1) is 0 Å². The first-order valence-electron chi connectivity index (χ1n) is 6.05. The molecule has 1 rings (SSSR count).